The maximum Gasteiger partial charge on any atom is 0.0668 e. The van der Waals surface area contributed by atoms with Gasteiger partial charge in [-0.25, -0.2) is 0 Å². The molecule has 0 aliphatic heterocycles. The molecule has 0 aliphatic carbocycles. The fourth-order valence-corrected chi connectivity index (χ4v) is 2.28. The van der Waals surface area contributed by atoms with Gasteiger partial charge in [-0.15, -0.1) is 0 Å². The molecule has 17 heavy (non-hydrogen) atoms. The van der Waals surface area contributed by atoms with E-state index in [-0.39, 0.29) is 6.10 Å². The van der Waals surface area contributed by atoms with Gasteiger partial charge in [0.05, 0.1) is 6.10 Å². The molecule has 0 spiro atoms. The highest BCUT2D eigenvalue weighted by Gasteiger charge is 2.14. The fourth-order valence-electron chi connectivity index (χ4n) is 2.28. The predicted octanol–water partition coefficient (Wildman–Crippen LogP) is 2.62. The van der Waals surface area contributed by atoms with Crippen LogP contribution in [-0.2, 0) is 12.8 Å². The zero-order chi connectivity index (χ0) is 12.8. The normalized spacial score (nSPS) is 14.6. The van der Waals surface area contributed by atoms with Crippen molar-refractivity contribution in [2.45, 2.75) is 52.1 Å². The van der Waals surface area contributed by atoms with Gasteiger partial charge in [0.25, 0.3) is 0 Å². The number of hydrogen-bond acceptors (Lipinski definition) is 2. The fraction of sp³-hybridized carbons (Fsp3) is 0.600. The maximum absolute atomic E-state index is 9.65. The molecule has 0 aromatic heterocycles. The van der Waals surface area contributed by atoms with Gasteiger partial charge in [0.2, 0.25) is 0 Å². The zero-order valence-corrected chi connectivity index (χ0v) is 11.2. The molecule has 0 heterocycles. The first-order valence-electron chi connectivity index (χ1n) is 6.62. The van der Waals surface area contributed by atoms with Crippen LogP contribution in [0.2, 0.25) is 0 Å². The Morgan fingerprint density at radius 2 is 1.94 bits per heavy atom. The monoisotopic (exact) mass is 235 g/mol. The highest BCUT2D eigenvalue weighted by Crippen LogP contribution is 2.26. The van der Waals surface area contributed by atoms with Crippen LogP contribution in [0.5, 0.6) is 0 Å². The van der Waals surface area contributed by atoms with Gasteiger partial charge in [-0.05, 0) is 41.9 Å². The minimum atomic E-state index is -0.389. The first kappa shape index (κ1) is 14.2. The lowest BCUT2D eigenvalue weighted by molar-refractivity contribution is 0.165. The van der Waals surface area contributed by atoms with E-state index in [0.717, 1.165) is 19.3 Å². The van der Waals surface area contributed by atoms with Gasteiger partial charge in [0.1, 0.15) is 0 Å². The molecule has 1 rings (SSSR count). The van der Waals surface area contributed by atoms with Crippen LogP contribution in [0.4, 0.5) is 0 Å². The summed E-state index contributed by atoms with van der Waals surface area (Å²) in [5.74, 6) is 0.370. The topological polar surface area (TPSA) is 46.2 Å². The average Bonchev–Trinajstić information content (AvgIpc) is 2.37. The molecule has 3 N–H and O–H groups in total. The second-order valence-corrected chi connectivity index (χ2v) is 4.77. The van der Waals surface area contributed by atoms with Crippen molar-refractivity contribution in [2.24, 2.45) is 5.73 Å². The largest absolute Gasteiger partial charge is 0.392 e. The highest BCUT2D eigenvalue weighted by molar-refractivity contribution is 5.34. The Morgan fingerprint density at radius 3 is 2.47 bits per heavy atom. The van der Waals surface area contributed by atoms with E-state index < -0.39 is 0 Å². The van der Waals surface area contributed by atoms with Crippen LogP contribution >= 0.6 is 0 Å². The van der Waals surface area contributed by atoms with Crippen LogP contribution in [0.3, 0.4) is 0 Å². The summed E-state index contributed by atoms with van der Waals surface area (Å²) in [6, 6.07) is 6.71. The van der Waals surface area contributed by atoms with Crippen LogP contribution < -0.4 is 5.73 Å². The second-order valence-electron chi connectivity index (χ2n) is 4.77. The molecule has 2 unspecified atom stereocenters. The molecule has 2 nitrogen and oxygen atoms in total. The van der Waals surface area contributed by atoms with Crippen LogP contribution in [0.25, 0.3) is 0 Å². The number of nitrogens with two attached hydrogens (primary N) is 1. The third-order valence-corrected chi connectivity index (χ3v) is 3.43. The Balaban J connectivity index is 2.92. The van der Waals surface area contributed by atoms with Crippen molar-refractivity contribution in [1.82, 2.24) is 0 Å². The van der Waals surface area contributed by atoms with Gasteiger partial charge in [-0.1, -0.05) is 39.0 Å². The summed E-state index contributed by atoms with van der Waals surface area (Å²) in [5.41, 5.74) is 9.60. The van der Waals surface area contributed by atoms with E-state index in [1.807, 2.05) is 0 Å². The SMILES string of the molecule is CCc1ccc(CC)c(C(C)CC(O)CN)c1. The third-order valence-electron chi connectivity index (χ3n) is 3.43. The first-order chi connectivity index (χ1) is 8.12. The molecule has 0 fully saturated rings. The van der Waals surface area contributed by atoms with E-state index in [9.17, 15) is 5.11 Å². The lowest BCUT2D eigenvalue weighted by Gasteiger charge is -2.19. The standard InChI is InChI=1S/C15H25NO/c1-4-12-6-7-13(5-2)15(9-12)11(3)8-14(17)10-16/h6-7,9,11,14,17H,4-5,8,10,16H2,1-3H3. The van der Waals surface area contributed by atoms with Crippen molar-refractivity contribution >= 4 is 0 Å². The van der Waals surface area contributed by atoms with Gasteiger partial charge in [-0.2, -0.15) is 0 Å². The minimum Gasteiger partial charge on any atom is -0.392 e. The first-order valence-corrected chi connectivity index (χ1v) is 6.62. The molecule has 0 saturated carbocycles. The predicted molar refractivity (Wildman–Crippen MR) is 73.3 cm³/mol. The summed E-state index contributed by atoms with van der Waals surface area (Å²) in [6.45, 7) is 6.87. The Hall–Kier alpha value is -0.860. The van der Waals surface area contributed by atoms with E-state index >= 15 is 0 Å². The van der Waals surface area contributed by atoms with Crippen molar-refractivity contribution in [3.63, 3.8) is 0 Å². The van der Waals surface area contributed by atoms with E-state index in [0.29, 0.717) is 12.5 Å². The van der Waals surface area contributed by atoms with Gasteiger partial charge >= 0.3 is 0 Å². The summed E-state index contributed by atoms with van der Waals surface area (Å²) in [6.07, 6.45) is 2.46. The van der Waals surface area contributed by atoms with Gasteiger partial charge in [-0.3, -0.25) is 0 Å². The number of aryl methyl sites for hydroxylation is 2. The number of aliphatic hydroxyl groups excluding tert-OH is 1. The molecule has 1 aromatic rings. The quantitative estimate of drug-likeness (QED) is 0.796. The lowest BCUT2D eigenvalue weighted by atomic mass is 9.88. The van der Waals surface area contributed by atoms with Crippen molar-refractivity contribution in [3.8, 4) is 0 Å². The zero-order valence-electron chi connectivity index (χ0n) is 11.2. The Labute approximate surface area is 105 Å². The minimum absolute atomic E-state index is 0.346. The molecular formula is C15H25NO. The Kier molecular flexibility index (Phi) is 5.66. The number of hydrogen-bond donors (Lipinski definition) is 2. The average molecular weight is 235 g/mol. The lowest BCUT2D eigenvalue weighted by Crippen LogP contribution is -2.21. The molecule has 0 radical (unpaired) electrons. The number of aliphatic hydroxyl groups is 1. The molecule has 1 aromatic carbocycles. The van der Waals surface area contributed by atoms with Crippen molar-refractivity contribution in [2.75, 3.05) is 6.54 Å². The van der Waals surface area contributed by atoms with Crippen molar-refractivity contribution < 1.29 is 5.11 Å². The van der Waals surface area contributed by atoms with Crippen molar-refractivity contribution in [3.05, 3.63) is 34.9 Å². The maximum atomic E-state index is 9.65. The van der Waals surface area contributed by atoms with Crippen molar-refractivity contribution in [1.29, 1.82) is 0 Å². The van der Waals surface area contributed by atoms with Gasteiger partial charge in [0.15, 0.2) is 0 Å². The molecule has 0 aliphatic rings. The van der Waals surface area contributed by atoms with E-state index in [2.05, 4.69) is 39.0 Å². The Morgan fingerprint density at radius 1 is 1.24 bits per heavy atom. The van der Waals surface area contributed by atoms with Crippen LogP contribution in [-0.4, -0.2) is 17.8 Å². The summed E-state index contributed by atoms with van der Waals surface area (Å²) in [7, 11) is 0. The summed E-state index contributed by atoms with van der Waals surface area (Å²) in [5, 5.41) is 9.65. The van der Waals surface area contributed by atoms with Gasteiger partial charge < -0.3 is 10.8 Å². The van der Waals surface area contributed by atoms with Gasteiger partial charge in [0, 0.05) is 6.54 Å². The van der Waals surface area contributed by atoms with E-state index in [4.69, 9.17) is 5.73 Å². The third kappa shape index (κ3) is 3.83. The highest BCUT2D eigenvalue weighted by atomic mass is 16.3. The molecule has 2 heteroatoms. The Bertz CT molecular complexity index is 349. The van der Waals surface area contributed by atoms with E-state index in [1.54, 1.807) is 0 Å². The van der Waals surface area contributed by atoms with E-state index in [1.165, 1.54) is 16.7 Å². The van der Waals surface area contributed by atoms with Crippen LogP contribution in [0.1, 0.15) is 49.8 Å². The smallest absolute Gasteiger partial charge is 0.0668 e. The summed E-state index contributed by atoms with van der Waals surface area (Å²) in [4.78, 5) is 0. The van der Waals surface area contributed by atoms with Crippen LogP contribution in [0.15, 0.2) is 18.2 Å². The number of benzene rings is 1. The molecule has 2 atom stereocenters. The number of rotatable bonds is 6. The molecule has 0 bridgehead atoms. The molecular weight excluding hydrogens is 210 g/mol. The van der Waals surface area contributed by atoms with Crippen LogP contribution in [0, 0.1) is 0 Å². The second kappa shape index (κ2) is 6.77. The molecule has 0 saturated heterocycles. The molecule has 0 amide bonds. The summed E-state index contributed by atoms with van der Waals surface area (Å²) < 4.78 is 0. The summed E-state index contributed by atoms with van der Waals surface area (Å²) >= 11 is 0. The molecule has 96 valence electrons.